The highest BCUT2D eigenvalue weighted by molar-refractivity contribution is 7.80. The van der Waals surface area contributed by atoms with Gasteiger partial charge in [-0.25, -0.2) is 87.8 Å². The van der Waals surface area contributed by atoms with E-state index in [1.54, 1.807) is 0 Å². The predicted octanol–water partition coefficient (Wildman–Crippen LogP) is 9.31. The van der Waals surface area contributed by atoms with E-state index in [2.05, 4.69) is 71.9 Å². The summed E-state index contributed by atoms with van der Waals surface area (Å²) in [6.07, 6.45) is -5.10. The SMILES string of the molecule is Fc1c(F)c(F)c([B-](c2c(F)c(F)c(F)c(F)c2F)(c2c(F)c(F)c(F)c(F)c2F)c2c(F)c(F)c(F)c(F)c2F)c(F)c1F.Sc1ccc2ccc[n+](Cc3ccccc3)c2c1. The predicted molar refractivity (Wildman–Crippen MR) is 186 cm³/mol. The smallest absolute Gasteiger partial charge is 0.207 e. The summed E-state index contributed by atoms with van der Waals surface area (Å²) in [7, 11) is 0. The van der Waals surface area contributed by atoms with Crippen LogP contribution < -0.4 is 26.4 Å². The molecule has 0 spiro atoms. The molecule has 7 rings (SSSR count). The van der Waals surface area contributed by atoms with E-state index in [0.717, 1.165) is 11.4 Å². The molecule has 63 heavy (non-hydrogen) atoms. The molecule has 0 amide bonds. The Balaban J connectivity index is 0.000000302. The van der Waals surface area contributed by atoms with Gasteiger partial charge in [-0.3, -0.25) is 0 Å². The largest absolute Gasteiger partial charge is 0.213 e. The van der Waals surface area contributed by atoms with Crippen molar-refractivity contribution in [1.82, 2.24) is 0 Å². The normalized spacial score (nSPS) is 11.6. The highest BCUT2D eigenvalue weighted by Crippen LogP contribution is 2.31. The fourth-order valence-corrected chi connectivity index (χ4v) is 7.24. The Morgan fingerprint density at radius 1 is 0.349 bits per heavy atom. The van der Waals surface area contributed by atoms with Crippen LogP contribution in [0.4, 0.5) is 87.8 Å². The molecule has 23 heteroatoms. The Bertz CT molecular complexity index is 2620. The summed E-state index contributed by atoms with van der Waals surface area (Å²) in [6, 6.07) is 21.0. The van der Waals surface area contributed by atoms with Gasteiger partial charge < -0.3 is 0 Å². The zero-order chi connectivity index (χ0) is 46.7. The maximum atomic E-state index is 15.4. The van der Waals surface area contributed by atoms with Gasteiger partial charge in [0.15, 0.2) is 82.5 Å². The van der Waals surface area contributed by atoms with Crippen molar-refractivity contribution in [1.29, 1.82) is 0 Å². The molecule has 0 bridgehead atoms. The van der Waals surface area contributed by atoms with Crippen molar-refractivity contribution in [3.05, 3.63) is 189 Å². The molecule has 0 fully saturated rings. The second-order valence-electron chi connectivity index (χ2n) is 13.2. The van der Waals surface area contributed by atoms with Gasteiger partial charge in [-0.15, -0.1) is 34.5 Å². The van der Waals surface area contributed by atoms with Gasteiger partial charge in [0.2, 0.25) is 5.52 Å². The molecule has 0 aliphatic rings. The van der Waals surface area contributed by atoms with Crippen LogP contribution >= 0.6 is 12.6 Å². The van der Waals surface area contributed by atoms with Crippen molar-refractivity contribution in [2.75, 3.05) is 0 Å². The topological polar surface area (TPSA) is 3.88 Å². The van der Waals surface area contributed by atoms with Crippen LogP contribution in [0.2, 0.25) is 0 Å². The van der Waals surface area contributed by atoms with Crippen molar-refractivity contribution >= 4 is 51.5 Å². The summed E-state index contributed by atoms with van der Waals surface area (Å²) in [5.41, 5.74) is -11.8. The monoisotopic (exact) mass is 931 g/mol. The van der Waals surface area contributed by atoms with Gasteiger partial charge in [-0.05, 0) is 18.2 Å². The quantitative estimate of drug-likeness (QED) is 0.0424. The van der Waals surface area contributed by atoms with Gasteiger partial charge in [0.05, 0.1) is 0 Å². The number of hydrogen-bond acceptors (Lipinski definition) is 1. The third-order valence-electron chi connectivity index (χ3n) is 9.77. The summed E-state index contributed by atoms with van der Waals surface area (Å²) < 4.78 is 296. The second-order valence-corrected chi connectivity index (χ2v) is 13.7. The van der Waals surface area contributed by atoms with Crippen LogP contribution in [0.15, 0.2) is 71.8 Å². The molecule has 7 aromatic rings. The van der Waals surface area contributed by atoms with E-state index < -0.39 is 144 Å². The van der Waals surface area contributed by atoms with Crippen molar-refractivity contribution in [3.63, 3.8) is 0 Å². The van der Waals surface area contributed by atoms with Gasteiger partial charge >= 0.3 is 0 Å². The fourth-order valence-electron chi connectivity index (χ4n) is 7.04. The Morgan fingerprint density at radius 3 is 0.968 bits per heavy atom. The zero-order valence-corrected chi connectivity index (χ0v) is 31.0. The number of aromatic nitrogens is 1. The van der Waals surface area contributed by atoms with Gasteiger partial charge in [0, 0.05) is 28.0 Å². The van der Waals surface area contributed by atoms with E-state index in [-0.39, 0.29) is 0 Å². The molecule has 0 aliphatic carbocycles. The third-order valence-corrected chi connectivity index (χ3v) is 10.0. The third kappa shape index (κ3) is 7.28. The van der Waals surface area contributed by atoms with Crippen molar-refractivity contribution < 1.29 is 92.4 Å². The molecule has 0 atom stereocenters. The van der Waals surface area contributed by atoms with Crippen molar-refractivity contribution in [2.45, 2.75) is 11.4 Å². The standard InChI is InChI=1S/C24BF20.C16H13NS/c26-5-1(6(27)14(35)21(42)13(5)34)25(2-7(28)15(36)22(43)16(37)8(2)29,3-9(30)17(38)23(44)18(39)10(3)31)4-11(32)19(40)24(45)20(41)12(4)33;18-15-9-8-14-7-4-10-17(16(14)11-15)12-13-5-2-1-3-6-13/h;1-11H,12H2/q-1;/p+1. The molecule has 0 saturated carbocycles. The second kappa shape index (κ2) is 17.1. The number of rotatable bonds is 6. The number of benzene rings is 6. The summed E-state index contributed by atoms with van der Waals surface area (Å²) in [4.78, 5) is 0.996. The Kier molecular flexibility index (Phi) is 12.6. The van der Waals surface area contributed by atoms with E-state index in [4.69, 9.17) is 0 Å². The highest BCUT2D eigenvalue weighted by atomic mass is 32.1. The first-order valence-electron chi connectivity index (χ1n) is 16.9. The summed E-state index contributed by atoms with van der Waals surface area (Å²) in [5, 5.41) is 1.24. The van der Waals surface area contributed by atoms with Crippen LogP contribution in [0.1, 0.15) is 5.56 Å². The van der Waals surface area contributed by atoms with E-state index in [0.29, 0.717) is 0 Å². The maximum absolute atomic E-state index is 15.4. The van der Waals surface area contributed by atoms with Crippen molar-refractivity contribution in [2.24, 2.45) is 0 Å². The first-order chi connectivity index (χ1) is 29.5. The Labute approximate surface area is 343 Å². The van der Waals surface area contributed by atoms with Crippen LogP contribution in [0, 0.1) is 116 Å². The molecular weight excluding hydrogens is 917 g/mol. The van der Waals surface area contributed by atoms with Crippen LogP contribution in [0.25, 0.3) is 10.9 Å². The molecule has 0 saturated heterocycles. The lowest BCUT2D eigenvalue weighted by Gasteiger charge is -2.44. The van der Waals surface area contributed by atoms with Crippen LogP contribution in [0.3, 0.4) is 0 Å². The number of fused-ring (bicyclic) bond motifs is 1. The lowest BCUT2D eigenvalue weighted by atomic mass is 9.12. The summed E-state index contributed by atoms with van der Waals surface area (Å²) in [6.45, 7) is 0.884. The number of hydrogen-bond donors (Lipinski definition) is 1. The Hall–Kier alpha value is -6.26. The number of nitrogens with zero attached hydrogens (tertiary/aromatic N) is 1. The minimum atomic E-state index is -7.22. The molecule has 0 aliphatic heterocycles. The van der Waals surface area contributed by atoms with Crippen LogP contribution in [0.5, 0.6) is 0 Å². The van der Waals surface area contributed by atoms with Crippen molar-refractivity contribution in [3.8, 4) is 0 Å². The molecule has 1 aromatic heterocycles. The van der Waals surface area contributed by atoms with E-state index in [1.165, 1.54) is 16.5 Å². The van der Waals surface area contributed by atoms with E-state index in [1.807, 2.05) is 12.1 Å². The summed E-state index contributed by atoms with van der Waals surface area (Å²) >= 11 is 4.42. The van der Waals surface area contributed by atoms with E-state index in [9.17, 15) is 52.7 Å². The lowest BCUT2D eigenvalue weighted by Crippen LogP contribution is -2.81. The molecule has 0 unspecified atom stereocenters. The van der Waals surface area contributed by atoms with E-state index >= 15 is 35.1 Å². The average Bonchev–Trinajstić information content (AvgIpc) is 3.27. The summed E-state index contributed by atoms with van der Waals surface area (Å²) in [5.74, 6) is -71.4. The van der Waals surface area contributed by atoms with Gasteiger partial charge in [-0.1, -0.05) is 30.3 Å². The molecular formula is C40H14BF20NS. The number of thiol groups is 1. The molecule has 6 aromatic carbocycles. The highest BCUT2D eigenvalue weighted by Gasteiger charge is 2.52. The molecule has 0 N–H and O–H groups in total. The number of halogens is 20. The van der Waals surface area contributed by atoms with Crippen LogP contribution in [-0.4, -0.2) is 6.15 Å². The van der Waals surface area contributed by atoms with Gasteiger partial charge in [0.25, 0.3) is 0 Å². The fraction of sp³-hybridized carbons (Fsp3) is 0.0250. The molecule has 328 valence electrons. The average molecular weight is 931 g/mol. The first-order valence-corrected chi connectivity index (χ1v) is 17.4. The first kappa shape index (κ1) is 46.3. The zero-order valence-electron chi connectivity index (χ0n) is 30.1. The van der Waals surface area contributed by atoms with Crippen LogP contribution in [-0.2, 0) is 6.54 Å². The minimum absolute atomic E-state index is 0.884. The Morgan fingerprint density at radius 2 is 0.651 bits per heavy atom. The molecule has 1 nitrogen and oxygen atoms in total. The lowest BCUT2D eigenvalue weighted by molar-refractivity contribution is -0.662. The maximum Gasteiger partial charge on any atom is 0.213 e. The minimum Gasteiger partial charge on any atom is -0.207 e. The van der Waals surface area contributed by atoms with Gasteiger partial charge in [-0.2, -0.15) is 4.57 Å². The molecule has 0 radical (unpaired) electrons. The number of pyridine rings is 1. The van der Waals surface area contributed by atoms with Gasteiger partial charge in [0.1, 0.15) is 52.7 Å². The molecule has 1 heterocycles.